The normalized spacial score (nSPS) is 14.6. The van der Waals surface area contributed by atoms with E-state index < -0.39 is 0 Å². The number of anilines is 1. The zero-order valence-electron chi connectivity index (χ0n) is 12.2. The summed E-state index contributed by atoms with van der Waals surface area (Å²) in [6, 6.07) is 0. The van der Waals surface area contributed by atoms with Gasteiger partial charge in [-0.1, -0.05) is 6.92 Å². The predicted molar refractivity (Wildman–Crippen MR) is 74.8 cm³/mol. The summed E-state index contributed by atoms with van der Waals surface area (Å²) >= 11 is 0. The second kappa shape index (κ2) is 6.20. The summed E-state index contributed by atoms with van der Waals surface area (Å²) in [7, 11) is 6.00. The molecule has 0 saturated carbocycles. The highest BCUT2D eigenvalue weighted by molar-refractivity contribution is 5.30. The van der Waals surface area contributed by atoms with Crippen molar-refractivity contribution in [2.75, 3.05) is 25.6 Å². The Balaban J connectivity index is 2.68. The van der Waals surface area contributed by atoms with Crippen LogP contribution in [0.5, 0.6) is 0 Å². The van der Waals surface area contributed by atoms with Gasteiger partial charge in [0, 0.05) is 39.8 Å². The summed E-state index contributed by atoms with van der Waals surface area (Å²) in [6.07, 6.45) is 3.66. The van der Waals surface area contributed by atoms with Crippen molar-refractivity contribution in [3.8, 4) is 0 Å². The molecule has 1 aromatic rings. The van der Waals surface area contributed by atoms with E-state index in [-0.39, 0.29) is 12.1 Å². The van der Waals surface area contributed by atoms with Gasteiger partial charge < -0.3 is 19.9 Å². The van der Waals surface area contributed by atoms with Gasteiger partial charge in [0.05, 0.1) is 11.9 Å². The van der Waals surface area contributed by atoms with Gasteiger partial charge in [-0.3, -0.25) is 0 Å². The van der Waals surface area contributed by atoms with Crippen LogP contribution in [0, 0.1) is 0 Å². The summed E-state index contributed by atoms with van der Waals surface area (Å²) in [6.45, 7) is 5.26. The van der Waals surface area contributed by atoms with Crippen LogP contribution >= 0.6 is 0 Å². The summed E-state index contributed by atoms with van der Waals surface area (Å²) in [5.41, 5.74) is 1.13. The van der Waals surface area contributed by atoms with Crippen LogP contribution in [0.25, 0.3) is 0 Å². The minimum Gasteiger partial charge on any atom is -0.396 e. The summed E-state index contributed by atoms with van der Waals surface area (Å²) in [5, 5.41) is 12.6. The van der Waals surface area contributed by atoms with E-state index >= 15 is 0 Å². The molecule has 0 aliphatic heterocycles. The molecule has 0 saturated heterocycles. The SMILES string of the molecule is CCC(C)(CCO)NCc1cnc(N(C)C)n1C. The minimum atomic E-state index is -0.0166. The number of imidazole rings is 1. The zero-order valence-corrected chi connectivity index (χ0v) is 12.2. The topological polar surface area (TPSA) is 53.3 Å². The lowest BCUT2D eigenvalue weighted by atomic mass is 9.95. The molecule has 0 fully saturated rings. The van der Waals surface area contributed by atoms with Crippen molar-refractivity contribution in [2.45, 2.75) is 38.8 Å². The van der Waals surface area contributed by atoms with Crippen molar-refractivity contribution >= 4 is 5.95 Å². The van der Waals surface area contributed by atoms with Crippen molar-refractivity contribution in [3.63, 3.8) is 0 Å². The van der Waals surface area contributed by atoms with Crippen molar-refractivity contribution < 1.29 is 5.11 Å². The molecule has 0 aromatic carbocycles. The molecule has 5 nitrogen and oxygen atoms in total. The van der Waals surface area contributed by atoms with Gasteiger partial charge in [0.25, 0.3) is 0 Å². The maximum Gasteiger partial charge on any atom is 0.204 e. The Kier molecular flexibility index (Phi) is 5.16. The van der Waals surface area contributed by atoms with E-state index in [2.05, 4.69) is 28.7 Å². The Bertz CT molecular complexity index is 375. The highest BCUT2D eigenvalue weighted by atomic mass is 16.3. The molecule has 0 aliphatic carbocycles. The van der Waals surface area contributed by atoms with Crippen molar-refractivity contribution in [3.05, 3.63) is 11.9 Å². The molecule has 1 rings (SSSR count). The van der Waals surface area contributed by atoms with Crippen LogP contribution < -0.4 is 10.2 Å². The molecule has 0 aliphatic rings. The van der Waals surface area contributed by atoms with Gasteiger partial charge in [-0.15, -0.1) is 0 Å². The fourth-order valence-electron chi connectivity index (χ4n) is 1.95. The zero-order chi connectivity index (χ0) is 13.8. The molecule has 2 N–H and O–H groups in total. The molecule has 1 aromatic heterocycles. The van der Waals surface area contributed by atoms with Crippen LogP contribution in [0.15, 0.2) is 6.20 Å². The average molecular weight is 254 g/mol. The maximum atomic E-state index is 9.10. The first-order valence-electron chi connectivity index (χ1n) is 6.47. The third-order valence-electron chi connectivity index (χ3n) is 3.60. The lowest BCUT2D eigenvalue weighted by Gasteiger charge is -2.29. The van der Waals surface area contributed by atoms with Crippen molar-refractivity contribution in [1.82, 2.24) is 14.9 Å². The molecular formula is C13H26N4O. The Morgan fingerprint density at radius 1 is 1.50 bits per heavy atom. The van der Waals surface area contributed by atoms with Crippen LogP contribution in [-0.4, -0.2) is 40.9 Å². The van der Waals surface area contributed by atoms with Gasteiger partial charge in [0.1, 0.15) is 0 Å². The first-order valence-corrected chi connectivity index (χ1v) is 6.47. The molecule has 1 heterocycles. The molecule has 5 heteroatoms. The first kappa shape index (κ1) is 15.0. The molecule has 0 amide bonds. The van der Waals surface area contributed by atoms with Gasteiger partial charge in [-0.25, -0.2) is 4.98 Å². The fraction of sp³-hybridized carbons (Fsp3) is 0.769. The van der Waals surface area contributed by atoms with Crippen LogP contribution in [0.2, 0.25) is 0 Å². The third kappa shape index (κ3) is 3.46. The standard InChI is InChI=1S/C13H26N4O/c1-6-13(2,7-8-18)15-10-11-9-14-12(16(3)4)17(11)5/h9,15,18H,6-8,10H2,1-5H3. The molecule has 0 bridgehead atoms. The number of aliphatic hydroxyl groups excluding tert-OH is 1. The number of hydrogen-bond donors (Lipinski definition) is 2. The Morgan fingerprint density at radius 3 is 2.61 bits per heavy atom. The largest absolute Gasteiger partial charge is 0.396 e. The van der Waals surface area contributed by atoms with E-state index in [9.17, 15) is 0 Å². The number of rotatable bonds is 7. The second-order valence-electron chi connectivity index (χ2n) is 5.24. The Labute approximate surface area is 110 Å². The van der Waals surface area contributed by atoms with Gasteiger partial charge in [-0.05, 0) is 19.8 Å². The van der Waals surface area contributed by atoms with E-state index in [1.807, 2.05) is 32.2 Å². The molecular weight excluding hydrogens is 228 g/mol. The second-order valence-corrected chi connectivity index (χ2v) is 5.24. The number of aromatic nitrogens is 2. The van der Waals surface area contributed by atoms with E-state index in [4.69, 9.17) is 5.11 Å². The number of nitrogens with one attached hydrogen (secondary N) is 1. The van der Waals surface area contributed by atoms with E-state index in [1.165, 1.54) is 0 Å². The Morgan fingerprint density at radius 2 is 2.17 bits per heavy atom. The van der Waals surface area contributed by atoms with Gasteiger partial charge >= 0.3 is 0 Å². The Hall–Kier alpha value is -1.07. The smallest absolute Gasteiger partial charge is 0.204 e. The molecule has 0 radical (unpaired) electrons. The first-order chi connectivity index (χ1) is 8.43. The lowest BCUT2D eigenvalue weighted by molar-refractivity contribution is 0.214. The summed E-state index contributed by atoms with van der Waals surface area (Å²) < 4.78 is 2.09. The van der Waals surface area contributed by atoms with Gasteiger partial charge in [0.15, 0.2) is 0 Å². The molecule has 1 atom stereocenters. The van der Waals surface area contributed by atoms with Gasteiger partial charge in [0.2, 0.25) is 5.95 Å². The predicted octanol–water partition coefficient (Wildman–Crippen LogP) is 1.13. The van der Waals surface area contributed by atoms with E-state index in [0.717, 1.165) is 31.0 Å². The number of aliphatic hydroxyl groups is 1. The van der Waals surface area contributed by atoms with Crippen LogP contribution in [0.4, 0.5) is 5.95 Å². The number of hydrogen-bond acceptors (Lipinski definition) is 4. The van der Waals surface area contributed by atoms with Crippen LogP contribution in [0.3, 0.4) is 0 Å². The number of nitrogens with zero attached hydrogens (tertiary/aromatic N) is 3. The van der Waals surface area contributed by atoms with E-state index in [0.29, 0.717) is 0 Å². The molecule has 18 heavy (non-hydrogen) atoms. The fourth-order valence-corrected chi connectivity index (χ4v) is 1.95. The molecule has 1 unspecified atom stereocenters. The monoisotopic (exact) mass is 254 g/mol. The molecule has 104 valence electrons. The van der Waals surface area contributed by atoms with Crippen LogP contribution in [-0.2, 0) is 13.6 Å². The highest BCUT2D eigenvalue weighted by Crippen LogP contribution is 2.16. The third-order valence-corrected chi connectivity index (χ3v) is 3.60. The van der Waals surface area contributed by atoms with E-state index in [1.54, 1.807) is 0 Å². The average Bonchev–Trinajstić information content (AvgIpc) is 2.69. The van der Waals surface area contributed by atoms with Crippen molar-refractivity contribution in [1.29, 1.82) is 0 Å². The van der Waals surface area contributed by atoms with Crippen molar-refractivity contribution in [2.24, 2.45) is 7.05 Å². The van der Waals surface area contributed by atoms with Crippen LogP contribution in [0.1, 0.15) is 32.4 Å². The highest BCUT2D eigenvalue weighted by Gasteiger charge is 2.21. The summed E-state index contributed by atoms with van der Waals surface area (Å²) in [4.78, 5) is 6.38. The molecule has 0 spiro atoms. The van der Waals surface area contributed by atoms with Gasteiger partial charge in [-0.2, -0.15) is 0 Å². The summed E-state index contributed by atoms with van der Waals surface area (Å²) in [5.74, 6) is 0.951. The maximum absolute atomic E-state index is 9.10. The lowest BCUT2D eigenvalue weighted by Crippen LogP contribution is -2.42. The minimum absolute atomic E-state index is 0.0166. The quantitative estimate of drug-likeness (QED) is 0.766.